The first-order chi connectivity index (χ1) is 13.4. The number of anilines is 1. The van der Waals surface area contributed by atoms with Gasteiger partial charge in [-0.15, -0.1) is 0 Å². The molecule has 28 heavy (non-hydrogen) atoms. The van der Waals surface area contributed by atoms with Crippen LogP contribution >= 0.6 is 11.3 Å². The third-order valence-corrected chi connectivity index (χ3v) is 7.17. The molecule has 5 nitrogen and oxygen atoms in total. The number of carbonyl (C=O) groups excluding carboxylic acids is 1. The average Bonchev–Trinajstić information content (AvgIpc) is 3.26. The zero-order valence-corrected chi connectivity index (χ0v) is 16.7. The molecule has 0 atom stereocenters. The Hall–Kier alpha value is -2.77. The van der Waals surface area contributed by atoms with Crippen LogP contribution in [0.3, 0.4) is 0 Å². The molecule has 1 amide bonds. The Morgan fingerprint density at radius 2 is 1.86 bits per heavy atom. The number of benzene rings is 3. The quantitative estimate of drug-likeness (QED) is 0.551. The van der Waals surface area contributed by atoms with Gasteiger partial charge in [-0.3, -0.25) is 10.1 Å². The summed E-state index contributed by atoms with van der Waals surface area (Å²) in [5, 5.41) is 5.63. The lowest BCUT2D eigenvalue weighted by Gasteiger charge is -2.06. The van der Waals surface area contributed by atoms with E-state index in [-0.39, 0.29) is 10.5 Å². The SMILES string of the molecule is CS(=O)(=O)c1ccccc1C(=O)Nc1nc2c(cc3c4c(cccc42)CC3)s1. The van der Waals surface area contributed by atoms with E-state index in [1.165, 1.54) is 40.0 Å². The number of nitrogens with one attached hydrogen (secondary N) is 1. The molecule has 0 unspecified atom stereocenters. The van der Waals surface area contributed by atoms with Crippen LogP contribution in [-0.4, -0.2) is 25.6 Å². The summed E-state index contributed by atoms with van der Waals surface area (Å²) in [4.78, 5) is 17.4. The number of nitrogens with zero attached hydrogens (tertiary/aromatic N) is 1. The molecule has 4 aromatic rings. The Bertz CT molecular complexity index is 1390. The molecule has 1 aromatic heterocycles. The predicted octanol–water partition coefficient (Wildman–Crippen LogP) is 4.20. The summed E-state index contributed by atoms with van der Waals surface area (Å²) in [5.41, 5.74) is 3.66. The number of sulfone groups is 1. The van der Waals surface area contributed by atoms with Crippen molar-refractivity contribution in [2.45, 2.75) is 17.7 Å². The van der Waals surface area contributed by atoms with Crippen molar-refractivity contribution < 1.29 is 13.2 Å². The van der Waals surface area contributed by atoms with Crippen LogP contribution in [0.4, 0.5) is 5.13 Å². The van der Waals surface area contributed by atoms with Gasteiger partial charge in [0.1, 0.15) is 0 Å². The second-order valence-electron chi connectivity index (χ2n) is 6.96. The van der Waals surface area contributed by atoms with Crippen LogP contribution in [-0.2, 0) is 22.7 Å². The lowest BCUT2D eigenvalue weighted by molar-refractivity contribution is 0.102. The Labute approximate surface area is 166 Å². The molecule has 0 radical (unpaired) electrons. The topological polar surface area (TPSA) is 76.1 Å². The molecule has 0 fully saturated rings. The zero-order valence-electron chi connectivity index (χ0n) is 15.0. The van der Waals surface area contributed by atoms with Crippen LogP contribution in [0.25, 0.3) is 21.0 Å². The molecular weight excluding hydrogens is 392 g/mol. The summed E-state index contributed by atoms with van der Waals surface area (Å²) in [5.74, 6) is -0.475. The van der Waals surface area contributed by atoms with Crippen molar-refractivity contribution in [3.05, 3.63) is 65.2 Å². The second kappa shape index (κ2) is 6.12. The fraction of sp³-hybridized carbons (Fsp3) is 0.143. The van der Waals surface area contributed by atoms with E-state index in [0.717, 1.165) is 34.7 Å². The van der Waals surface area contributed by atoms with E-state index in [0.29, 0.717) is 5.13 Å². The van der Waals surface area contributed by atoms with Crippen LogP contribution in [0.2, 0.25) is 0 Å². The fourth-order valence-corrected chi connectivity index (χ4v) is 5.73. The Balaban J connectivity index is 1.58. The molecule has 1 aliphatic rings. The summed E-state index contributed by atoms with van der Waals surface area (Å²) < 4.78 is 25.0. The van der Waals surface area contributed by atoms with Gasteiger partial charge in [-0.25, -0.2) is 13.4 Å². The van der Waals surface area contributed by atoms with Gasteiger partial charge in [-0.1, -0.05) is 41.7 Å². The first-order valence-corrected chi connectivity index (χ1v) is 11.6. The lowest BCUT2D eigenvalue weighted by Crippen LogP contribution is -2.15. The number of thiazole rings is 1. The van der Waals surface area contributed by atoms with Crippen LogP contribution in [0.1, 0.15) is 21.5 Å². The van der Waals surface area contributed by atoms with Crippen LogP contribution < -0.4 is 5.32 Å². The third-order valence-electron chi connectivity index (χ3n) is 5.10. The van der Waals surface area contributed by atoms with Crippen molar-refractivity contribution >= 4 is 53.2 Å². The van der Waals surface area contributed by atoms with Gasteiger partial charge in [0, 0.05) is 11.6 Å². The fourth-order valence-electron chi connectivity index (χ4n) is 3.90. The number of hydrogen-bond donors (Lipinski definition) is 1. The molecule has 3 aromatic carbocycles. The molecule has 1 N–H and O–H groups in total. The normalized spacial score (nSPS) is 13.3. The second-order valence-corrected chi connectivity index (χ2v) is 9.98. The summed E-state index contributed by atoms with van der Waals surface area (Å²) in [7, 11) is -3.50. The van der Waals surface area contributed by atoms with E-state index in [4.69, 9.17) is 0 Å². The molecule has 0 aliphatic heterocycles. The highest BCUT2D eigenvalue weighted by atomic mass is 32.2. The van der Waals surface area contributed by atoms with E-state index in [1.54, 1.807) is 12.1 Å². The molecule has 5 rings (SSSR count). The van der Waals surface area contributed by atoms with Crippen molar-refractivity contribution in [3.8, 4) is 0 Å². The van der Waals surface area contributed by atoms with Crippen molar-refractivity contribution in [1.29, 1.82) is 0 Å². The maximum Gasteiger partial charge on any atom is 0.258 e. The highest BCUT2D eigenvalue weighted by Crippen LogP contribution is 2.39. The van der Waals surface area contributed by atoms with E-state index < -0.39 is 15.7 Å². The highest BCUT2D eigenvalue weighted by Gasteiger charge is 2.21. The van der Waals surface area contributed by atoms with Gasteiger partial charge in [0.25, 0.3) is 5.91 Å². The maximum absolute atomic E-state index is 12.7. The smallest absolute Gasteiger partial charge is 0.258 e. The number of rotatable bonds is 3. The van der Waals surface area contributed by atoms with Crippen LogP contribution in [0.15, 0.2) is 53.4 Å². The van der Waals surface area contributed by atoms with Crippen molar-refractivity contribution in [3.63, 3.8) is 0 Å². The van der Waals surface area contributed by atoms with Gasteiger partial charge in [-0.2, -0.15) is 0 Å². The van der Waals surface area contributed by atoms with E-state index >= 15 is 0 Å². The molecule has 0 bridgehead atoms. The van der Waals surface area contributed by atoms with E-state index in [9.17, 15) is 13.2 Å². The summed E-state index contributed by atoms with van der Waals surface area (Å²) in [6.07, 6.45) is 3.17. The maximum atomic E-state index is 12.7. The average molecular weight is 409 g/mol. The van der Waals surface area contributed by atoms with E-state index in [2.05, 4.69) is 28.5 Å². The summed E-state index contributed by atoms with van der Waals surface area (Å²) >= 11 is 1.41. The molecule has 1 aliphatic carbocycles. The zero-order chi connectivity index (χ0) is 19.5. The first kappa shape index (κ1) is 17.3. The minimum absolute atomic E-state index is 0.0143. The molecule has 7 heteroatoms. The molecule has 140 valence electrons. The predicted molar refractivity (Wildman–Crippen MR) is 112 cm³/mol. The largest absolute Gasteiger partial charge is 0.298 e. The van der Waals surface area contributed by atoms with Gasteiger partial charge >= 0.3 is 0 Å². The van der Waals surface area contributed by atoms with Gasteiger partial charge in [-0.05, 0) is 47.6 Å². The minimum Gasteiger partial charge on any atom is -0.298 e. The number of aryl methyl sites for hydroxylation is 2. The number of hydrogen-bond acceptors (Lipinski definition) is 5. The Morgan fingerprint density at radius 1 is 1.07 bits per heavy atom. The first-order valence-electron chi connectivity index (χ1n) is 8.86. The molecular formula is C21H16N2O3S2. The standard InChI is InChI=1S/C21H16N2O3S2/c1-28(25,26)17-8-3-2-6-14(17)20(24)23-21-22-19-15-7-4-5-12-9-10-13(18(12)15)11-16(19)27-21/h2-8,11H,9-10H2,1H3,(H,22,23,24). The van der Waals surface area contributed by atoms with Crippen molar-refractivity contribution in [2.24, 2.45) is 0 Å². The van der Waals surface area contributed by atoms with Crippen molar-refractivity contribution in [2.75, 3.05) is 11.6 Å². The lowest BCUT2D eigenvalue weighted by atomic mass is 10.0. The minimum atomic E-state index is -3.50. The number of fused-ring (bicyclic) bond motifs is 2. The monoisotopic (exact) mass is 408 g/mol. The Morgan fingerprint density at radius 3 is 2.68 bits per heavy atom. The molecule has 0 saturated carbocycles. The number of amides is 1. The van der Waals surface area contributed by atoms with Gasteiger partial charge in [0.15, 0.2) is 15.0 Å². The molecule has 0 spiro atoms. The Kier molecular flexibility index (Phi) is 3.79. The van der Waals surface area contributed by atoms with Crippen molar-refractivity contribution in [1.82, 2.24) is 4.98 Å². The number of aromatic nitrogens is 1. The van der Waals surface area contributed by atoms with Gasteiger partial charge < -0.3 is 0 Å². The van der Waals surface area contributed by atoms with E-state index in [1.807, 2.05) is 6.07 Å². The summed E-state index contributed by atoms with van der Waals surface area (Å²) in [6.45, 7) is 0. The molecule has 0 saturated heterocycles. The number of carbonyl (C=O) groups is 1. The van der Waals surface area contributed by atoms with Gasteiger partial charge in [0.05, 0.1) is 20.7 Å². The van der Waals surface area contributed by atoms with Crippen LogP contribution in [0, 0.1) is 0 Å². The molecule has 1 heterocycles. The highest BCUT2D eigenvalue weighted by molar-refractivity contribution is 7.90. The summed E-state index contributed by atoms with van der Waals surface area (Å²) in [6, 6.07) is 14.6. The van der Waals surface area contributed by atoms with Gasteiger partial charge in [0.2, 0.25) is 0 Å². The van der Waals surface area contributed by atoms with Crippen LogP contribution in [0.5, 0.6) is 0 Å². The third kappa shape index (κ3) is 2.70.